The summed E-state index contributed by atoms with van der Waals surface area (Å²) in [6.45, 7) is 0. The number of hydrogen-bond donors (Lipinski definition) is 1. The van der Waals surface area contributed by atoms with Crippen LogP contribution in [-0.4, -0.2) is 12.0 Å². The summed E-state index contributed by atoms with van der Waals surface area (Å²) in [4.78, 5) is 17.3. The van der Waals surface area contributed by atoms with Crippen molar-refractivity contribution >= 4 is 32.8 Å². The van der Waals surface area contributed by atoms with Gasteiger partial charge in [0.25, 0.3) is 0 Å². The molecule has 19 heavy (non-hydrogen) atoms. The van der Waals surface area contributed by atoms with Crippen LogP contribution in [0.5, 0.6) is 0 Å². The average Bonchev–Trinajstić information content (AvgIpc) is 3.05. The number of amides is 1. The Morgan fingerprint density at radius 3 is 2.89 bits per heavy atom. The van der Waals surface area contributed by atoms with Crippen LogP contribution < -0.4 is 5.48 Å². The number of nitrogens with one attached hydrogen (secondary N) is 1. The highest BCUT2D eigenvalue weighted by atomic mass is 79.9. The van der Waals surface area contributed by atoms with Gasteiger partial charge in [-0.3, -0.25) is 9.63 Å². The number of carbonyl (C=O) groups excluding carboxylic acids is 1. The molecule has 0 spiro atoms. The molecule has 0 aliphatic heterocycles. The van der Waals surface area contributed by atoms with Crippen molar-refractivity contribution in [1.29, 1.82) is 0 Å². The van der Waals surface area contributed by atoms with Crippen LogP contribution in [0, 0.1) is 0 Å². The Morgan fingerprint density at radius 1 is 1.37 bits per heavy atom. The fourth-order valence-corrected chi connectivity index (χ4v) is 2.80. The normalized spacial score (nSPS) is 16.1. The van der Waals surface area contributed by atoms with Gasteiger partial charge in [-0.25, -0.2) is 5.48 Å². The van der Waals surface area contributed by atoms with Gasteiger partial charge in [-0.1, -0.05) is 25.0 Å². The van der Waals surface area contributed by atoms with Crippen LogP contribution in [0.4, 0.5) is 0 Å². The maximum absolute atomic E-state index is 11.9. The topological polar surface area (TPSA) is 51.5 Å². The summed E-state index contributed by atoms with van der Waals surface area (Å²) in [6, 6.07) is 7.40. The number of benzene rings is 1. The maximum atomic E-state index is 11.9. The van der Waals surface area contributed by atoms with E-state index in [0.29, 0.717) is 5.58 Å². The molecule has 1 aliphatic rings. The second-order valence-electron chi connectivity index (χ2n) is 4.72. The first kappa shape index (κ1) is 12.7. The molecular formula is C14H14BrNO3. The molecule has 0 unspecified atom stereocenters. The van der Waals surface area contributed by atoms with Crippen molar-refractivity contribution in [2.75, 3.05) is 0 Å². The lowest BCUT2D eigenvalue weighted by Gasteiger charge is -2.09. The van der Waals surface area contributed by atoms with Gasteiger partial charge >= 0.3 is 5.91 Å². The fraction of sp³-hybridized carbons (Fsp3) is 0.357. The zero-order chi connectivity index (χ0) is 13.2. The number of furan rings is 1. The minimum atomic E-state index is -0.338. The minimum Gasteiger partial charge on any atom is -0.450 e. The summed E-state index contributed by atoms with van der Waals surface area (Å²) in [6.07, 6.45) is 4.48. The first-order valence-corrected chi connectivity index (χ1v) is 7.17. The van der Waals surface area contributed by atoms with Gasteiger partial charge in [0.2, 0.25) is 0 Å². The van der Waals surface area contributed by atoms with Crippen LogP contribution in [0.15, 0.2) is 33.2 Å². The molecule has 4 nitrogen and oxygen atoms in total. The van der Waals surface area contributed by atoms with E-state index >= 15 is 0 Å². The van der Waals surface area contributed by atoms with Gasteiger partial charge in [0.05, 0.1) is 10.6 Å². The Bertz CT molecular complexity index is 602. The molecule has 1 saturated carbocycles. The third-order valence-electron chi connectivity index (χ3n) is 3.34. The zero-order valence-electron chi connectivity index (χ0n) is 10.3. The first-order valence-electron chi connectivity index (χ1n) is 6.38. The van der Waals surface area contributed by atoms with Crippen molar-refractivity contribution in [2.24, 2.45) is 0 Å². The predicted octanol–water partition coefficient (Wildman–Crippen LogP) is 3.80. The predicted molar refractivity (Wildman–Crippen MR) is 74.7 cm³/mol. The van der Waals surface area contributed by atoms with Crippen LogP contribution in [-0.2, 0) is 4.84 Å². The van der Waals surface area contributed by atoms with E-state index < -0.39 is 0 Å². The molecule has 1 aliphatic carbocycles. The monoisotopic (exact) mass is 323 g/mol. The second kappa shape index (κ2) is 5.35. The quantitative estimate of drug-likeness (QED) is 0.874. The molecule has 1 amide bonds. The molecule has 1 aromatic heterocycles. The standard InChI is InChI=1S/C14H14BrNO3/c15-11-7-3-4-9-8-12(18-13(9)11)14(17)16-19-10-5-1-2-6-10/h3-4,7-8,10H,1-2,5-6H2,(H,16,17). The summed E-state index contributed by atoms with van der Waals surface area (Å²) in [5.41, 5.74) is 3.15. The largest absolute Gasteiger partial charge is 0.450 e. The van der Waals surface area contributed by atoms with Gasteiger partial charge in [-0.05, 0) is 40.9 Å². The number of hydrogen-bond acceptors (Lipinski definition) is 3. The van der Waals surface area contributed by atoms with E-state index in [1.165, 1.54) is 0 Å². The highest BCUT2D eigenvalue weighted by molar-refractivity contribution is 9.10. The molecular weight excluding hydrogens is 310 g/mol. The van der Waals surface area contributed by atoms with Gasteiger partial charge in [-0.15, -0.1) is 0 Å². The van der Waals surface area contributed by atoms with Crippen molar-refractivity contribution in [3.63, 3.8) is 0 Å². The van der Waals surface area contributed by atoms with Crippen molar-refractivity contribution in [2.45, 2.75) is 31.8 Å². The van der Waals surface area contributed by atoms with Gasteiger partial charge in [-0.2, -0.15) is 0 Å². The van der Waals surface area contributed by atoms with Gasteiger partial charge in [0.15, 0.2) is 5.76 Å². The number of fused-ring (bicyclic) bond motifs is 1. The van der Waals surface area contributed by atoms with Crippen LogP contribution in [0.1, 0.15) is 36.2 Å². The Labute approximate surface area is 119 Å². The van der Waals surface area contributed by atoms with Crippen LogP contribution in [0.25, 0.3) is 11.0 Å². The first-order chi connectivity index (χ1) is 9.24. The van der Waals surface area contributed by atoms with E-state index in [4.69, 9.17) is 9.25 Å². The summed E-state index contributed by atoms with van der Waals surface area (Å²) in [7, 11) is 0. The van der Waals surface area contributed by atoms with Crippen LogP contribution in [0.3, 0.4) is 0 Å². The lowest BCUT2D eigenvalue weighted by molar-refractivity contribution is -0.0138. The zero-order valence-corrected chi connectivity index (χ0v) is 11.9. The van der Waals surface area contributed by atoms with Crippen molar-refractivity contribution in [1.82, 2.24) is 5.48 Å². The Balaban J connectivity index is 1.72. The van der Waals surface area contributed by atoms with Gasteiger partial charge in [0.1, 0.15) is 5.58 Å². The Morgan fingerprint density at radius 2 is 2.16 bits per heavy atom. The summed E-state index contributed by atoms with van der Waals surface area (Å²) in [5.74, 6) is -0.0742. The Kier molecular flexibility index (Phi) is 3.57. The molecule has 100 valence electrons. The number of halogens is 1. The van der Waals surface area contributed by atoms with E-state index in [-0.39, 0.29) is 17.8 Å². The highest BCUT2D eigenvalue weighted by Gasteiger charge is 2.19. The van der Waals surface area contributed by atoms with E-state index in [2.05, 4.69) is 21.4 Å². The van der Waals surface area contributed by atoms with Crippen molar-refractivity contribution < 1.29 is 14.0 Å². The van der Waals surface area contributed by atoms with Gasteiger partial charge < -0.3 is 4.42 Å². The number of rotatable bonds is 3. The molecule has 3 rings (SSSR count). The van der Waals surface area contributed by atoms with Crippen molar-refractivity contribution in [3.8, 4) is 0 Å². The van der Waals surface area contributed by atoms with E-state index in [9.17, 15) is 4.79 Å². The third-order valence-corrected chi connectivity index (χ3v) is 3.96. The molecule has 1 N–H and O–H groups in total. The molecule has 2 aromatic rings. The number of hydroxylamine groups is 1. The van der Waals surface area contributed by atoms with Crippen LogP contribution >= 0.6 is 15.9 Å². The smallest absolute Gasteiger partial charge is 0.310 e. The Hall–Kier alpha value is -1.33. The van der Waals surface area contributed by atoms with Crippen molar-refractivity contribution in [3.05, 3.63) is 34.5 Å². The molecule has 0 bridgehead atoms. The maximum Gasteiger partial charge on any atom is 0.310 e. The average molecular weight is 324 g/mol. The molecule has 1 heterocycles. The summed E-state index contributed by atoms with van der Waals surface area (Å²) in [5, 5.41) is 0.889. The lowest BCUT2D eigenvalue weighted by Crippen LogP contribution is -2.27. The molecule has 0 atom stereocenters. The minimum absolute atomic E-state index is 0.139. The molecule has 5 heteroatoms. The number of para-hydroxylation sites is 1. The van der Waals surface area contributed by atoms with Gasteiger partial charge in [0, 0.05) is 5.39 Å². The van der Waals surface area contributed by atoms with E-state index in [0.717, 1.165) is 35.5 Å². The lowest BCUT2D eigenvalue weighted by atomic mass is 10.2. The molecule has 0 radical (unpaired) electrons. The fourth-order valence-electron chi connectivity index (χ4n) is 2.33. The third kappa shape index (κ3) is 2.67. The summed E-state index contributed by atoms with van der Waals surface area (Å²) < 4.78 is 6.37. The molecule has 1 aromatic carbocycles. The molecule has 1 fully saturated rings. The summed E-state index contributed by atoms with van der Waals surface area (Å²) >= 11 is 3.40. The highest BCUT2D eigenvalue weighted by Crippen LogP contribution is 2.27. The van der Waals surface area contributed by atoms with E-state index in [1.54, 1.807) is 6.07 Å². The second-order valence-corrected chi connectivity index (χ2v) is 5.58. The number of carbonyl (C=O) groups is 1. The van der Waals surface area contributed by atoms with Crippen LogP contribution in [0.2, 0.25) is 0 Å². The molecule has 0 saturated heterocycles. The van der Waals surface area contributed by atoms with E-state index in [1.807, 2.05) is 18.2 Å². The SMILES string of the molecule is O=C(NOC1CCCC1)c1cc2cccc(Br)c2o1.